The lowest BCUT2D eigenvalue weighted by Crippen LogP contribution is -2.45. The summed E-state index contributed by atoms with van der Waals surface area (Å²) >= 11 is 11.9. The molecule has 0 aromatic heterocycles. The van der Waals surface area contributed by atoms with E-state index in [9.17, 15) is 4.79 Å². The molecule has 0 aliphatic heterocycles. The number of aryl methyl sites for hydroxylation is 1. The fourth-order valence-electron chi connectivity index (χ4n) is 2.13. The Morgan fingerprint density at radius 3 is 2.67 bits per heavy atom. The third-order valence-electron chi connectivity index (χ3n) is 3.52. The van der Waals surface area contributed by atoms with Gasteiger partial charge < -0.3 is 4.90 Å². The Balaban J connectivity index is 2.18. The molecule has 1 aromatic carbocycles. The zero-order valence-electron chi connectivity index (χ0n) is 10.5. The average molecular weight is 286 g/mol. The maximum absolute atomic E-state index is 12.4. The quantitative estimate of drug-likeness (QED) is 0.769. The summed E-state index contributed by atoms with van der Waals surface area (Å²) in [6, 6.07) is 5.83. The minimum atomic E-state index is 0.0438. The number of carbonyl (C=O) groups excluding carboxylic acids is 1. The maximum Gasteiger partial charge on any atom is 0.254 e. The van der Waals surface area contributed by atoms with Gasteiger partial charge in [0, 0.05) is 29.1 Å². The van der Waals surface area contributed by atoms with Gasteiger partial charge in [-0.1, -0.05) is 17.7 Å². The van der Waals surface area contributed by atoms with Gasteiger partial charge in [0.1, 0.15) is 0 Å². The molecule has 0 unspecified atom stereocenters. The molecule has 0 radical (unpaired) electrons. The first-order valence-corrected chi connectivity index (χ1v) is 7.18. The predicted molar refractivity (Wildman–Crippen MR) is 75.6 cm³/mol. The molecule has 18 heavy (non-hydrogen) atoms. The summed E-state index contributed by atoms with van der Waals surface area (Å²) in [5.74, 6) is 0.518. The van der Waals surface area contributed by atoms with Crippen LogP contribution in [-0.4, -0.2) is 29.3 Å². The van der Waals surface area contributed by atoms with Crippen molar-refractivity contribution in [2.45, 2.75) is 32.2 Å². The third-order valence-corrected chi connectivity index (χ3v) is 4.10. The SMILES string of the molecule is Cc1ccc(C(=O)N(CCCl)C2CCC2)cc1Cl. The van der Waals surface area contributed by atoms with Gasteiger partial charge in [-0.15, -0.1) is 11.6 Å². The van der Waals surface area contributed by atoms with Crippen LogP contribution in [0.1, 0.15) is 35.2 Å². The van der Waals surface area contributed by atoms with Gasteiger partial charge in [-0.05, 0) is 43.9 Å². The largest absolute Gasteiger partial charge is 0.334 e. The fraction of sp³-hybridized carbons (Fsp3) is 0.500. The second kappa shape index (κ2) is 5.94. The minimum Gasteiger partial charge on any atom is -0.334 e. The number of rotatable bonds is 4. The van der Waals surface area contributed by atoms with Crippen LogP contribution in [0.25, 0.3) is 0 Å². The highest BCUT2D eigenvalue weighted by Gasteiger charge is 2.28. The van der Waals surface area contributed by atoms with Crippen molar-refractivity contribution in [2.75, 3.05) is 12.4 Å². The summed E-state index contributed by atoms with van der Waals surface area (Å²) in [6.07, 6.45) is 3.37. The van der Waals surface area contributed by atoms with E-state index in [1.165, 1.54) is 6.42 Å². The number of carbonyl (C=O) groups is 1. The molecule has 0 bridgehead atoms. The van der Waals surface area contributed by atoms with Crippen LogP contribution in [0.2, 0.25) is 5.02 Å². The van der Waals surface area contributed by atoms with Gasteiger partial charge in [0.15, 0.2) is 0 Å². The average Bonchev–Trinajstić information content (AvgIpc) is 2.29. The van der Waals surface area contributed by atoms with Crippen LogP contribution in [0.15, 0.2) is 18.2 Å². The zero-order chi connectivity index (χ0) is 13.1. The highest BCUT2D eigenvalue weighted by molar-refractivity contribution is 6.31. The maximum atomic E-state index is 12.4. The van der Waals surface area contributed by atoms with Crippen LogP contribution < -0.4 is 0 Å². The molecule has 1 fully saturated rings. The molecular formula is C14H17Cl2NO. The monoisotopic (exact) mass is 285 g/mol. The normalized spacial score (nSPS) is 15.3. The second-order valence-electron chi connectivity index (χ2n) is 4.74. The van der Waals surface area contributed by atoms with Crippen LogP contribution in [0.4, 0.5) is 0 Å². The van der Waals surface area contributed by atoms with Crippen LogP contribution in [0, 0.1) is 6.92 Å². The first-order chi connectivity index (χ1) is 8.63. The molecule has 98 valence electrons. The molecule has 0 spiro atoms. The van der Waals surface area contributed by atoms with Crippen molar-refractivity contribution in [3.63, 3.8) is 0 Å². The summed E-state index contributed by atoms with van der Waals surface area (Å²) in [7, 11) is 0. The van der Waals surface area contributed by atoms with E-state index in [1.54, 1.807) is 6.07 Å². The molecule has 1 aromatic rings. The molecule has 4 heteroatoms. The Bertz CT molecular complexity index is 443. The Morgan fingerprint density at radius 1 is 1.44 bits per heavy atom. The first-order valence-electron chi connectivity index (χ1n) is 6.26. The van der Waals surface area contributed by atoms with Gasteiger partial charge in [-0.25, -0.2) is 0 Å². The molecule has 1 aliphatic carbocycles. The Labute approximate surface area is 118 Å². The lowest BCUT2D eigenvalue weighted by atomic mass is 9.91. The van der Waals surface area contributed by atoms with E-state index in [-0.39, 0.29) is 5.91 Å². The molecule has 1 amide bonds. The van der Waals surface area contributed by atoms with Crippen molar-refractivity contribution in [1.82, 2.24) is 4.90 Å². The molecule has 0 saturated heterocycles. The van der Waals surface area contributed by atoms with Crippen LogP contribution in [0.3, 0.4) is 0 Å². The third kappa shape index (κ3) is 2.81. The van der Waals surface area contributed by atoms with Gasteiger partial charge in [0.25, 0.3) is 5.91 Å². The van der Waals surface area contributed by atoms with Gasteiger partial charge in [0.2, 0.25) is 0 Å². The Kier molecular flexibility index (Phi) is 4.52. The van der Waals surface area contributed by atoms with E-state index in [1.807, 2.05) is 24.0 Å². The van der Waals surface area contributed by atoms with Crippen LogP contribution in [0.5, 0.6) is 0 Å². The van der Waals surface area contributed by atoms with E-state index < -0.39 is 0 Å². The highest BCUT2D eigenvalue weighted by Crippen LogP contribution is 2.27. The van der Waals surface area contributed by atoms with Crippen molar-refractivity contribution in [2.24, 2.45) is 0 Å². The van der Waals surface area contributed by atoms with Crippen LogP contribution >= 0.6 is 23.2 Å². The smallest absolute Gasteiger partial charge is 0.254 e. The lowest BCUT2D eigenvalue weighted by molar-refractivity contribution is 0.0598. The van der Waals surface area contributed by atoms with Gasteiger partial charge in [-0.3, -0.25) is 4.79 Å². The number of amides is 1. The lowest BCUT2D eigenvalue weighted by Gasteiger charge is -2.37. The van der Waals surface area contributed by atoms with E-state index in [2.05, 4.69) is 0 Å². The van der Waals surface area contributed by atoms with Crippen molar-refractivity contribution in [1.29, 1.82) is 0 Å². The second-order valence-corrected chi connectivity index (χ2v) is 5.52. The topological polar surface area (TPSA) is 20.3 Å². The van der Waals surface area contributed by atoms with Crippen molar-refractivity contribution >= 4 is 29.1 Å². The Hall–Kier alpha value is -0.730. The minimum absolute atomic E-state index is 0.0438. The zero-order valence-corrected chi connectivity index (χ0v) is 12.0. The molecule has 0 heterocycles. The summed E-state index contributed by atoms with van der Waals surface area (Å²) in [6.45, 7) is 2.54. The van der Waals surface area contributed by atoms with Gasteiger partial charge in [0.05, 0.1) is 0 Å². The number of benzene rings is 1. The van der Waals surface area contributed by atoms with E-state index >= 15 is 0 Å². The van der Waals surface area contributed by atoms with Crippen molar-refractivity contribution in [3.05, 3.63) is 34.3 Å². The number of hydrogen-bond acceptors (Lipinski definition) is 1. The van der Waals surface area contributed by atoms with Crippen molar-refractivity contribution in [3.8, 4) is 0 Å². The van der Waals surface area contributed by atoms with Crippen LogP contribution in [-0.2, 0) is 0 Å². The number of halogens is 2. The van der Waals surface area contributed by atoms with E-state index in [0.29, 0.717) is 29.1 Å². The number of hydrogen-bond donors (Lipinski definition) is 0. The number of alkyl halides is 1. The first kappa shape index (κ1) is 13.7. The predicted octanol–water partition coefficient (Wildman–Crippen LogP) is 3.88. The summed E-state index contributed by atoms with van der Waals surface area (Å²) < 4.78 is 0. The molecular weight excluding hydrogens is 269 g/mol. The highest BCUT2D eigenvalue weighted by atomic mass is 35.5. The van der Waals surface area contributed by atoms with Gasteiger partial charge >= 0.3 is 0 Å². The Morgan fingerprint density at radius 2 is 2.17 bits per heavy atom. The molecule has 2 rings (SSSR count). The molecule has 1 aliphatic rings. The summed E-state index contributed by atoms with van der Waals surface area (Å²) in [5.41, 5.74) is 1.64. The number of nitrogens with zero attached hydrogens (tertiary/aromatic N) is 1. The summed E-state index contributed by atoms with van der Waals surface area (Å²) in [5, 5.41) is 0.639. The van der Waals surface area contributed by atoms with Gasteiger partial charge in [-0.2, -0.15) is 0 Å². The molecule has 1 saturated carbocycles. The molecule has 0 N–H and O–H groups in total. The summed E-state index contributed by atoms with van der Waals surface area (Å²) in [4.78, 5) is 14.3. The van der Waals surface area contributed by atoms with Crippen molar-refractivity contribution < 1.29 is 4.79 Å². The fourth-order valence-corrected chi connectivity index (χ4v) is 2.49. The molecule has 2 nitrogen and oxygen atoms in total. The molecule has 0 atom stereocenters. The van der Waals surface area contributed by atoms with E-state index in [4.69, 9.17) is 23.2 Å². The van der Waals surface area contributed by atoms with E-state index in [0.717, 1.165) is 18.4 Å². The standard InChI is InChI=1S/C14H17Cl2NO/c1-10-5-6-11(9-13(10)16)14(18)17(8-7-15)12-3-2-4-12/h5-6,9,12H,2-4,7-8H2,1H3.